The molecule has 0 bridgehead atoms. The molecule has 9 heteroatoms. The van der Waals surface area contributed by atoms with E-state index in [0.29, 0.717) is 41.1 Å². The Balaban J connectivity index is 0.00000169. The van der Waals surface area contributed by atoms with Crippen LogP contribution in [0.25, 0.3) is 11.5 Å². The van der Waals surface area contributed by atoms with Crippen LogP contribution in [-0.4, -0.2) is 29.3 Å². The van der Waals surface area contributed by atoms with E-state index >= 15 is 0 Å². The van der Waals surface area contributed by atoms with Crippen molar-refractivity contribution in [2.24, 2.45) is 5.73 Å². The van der Waals surface area contributed by atoms with Gasteiger partial charge in [0.15, 0.2) is 5.82 Å². The fraction of sp³-hybridized carbons (Fsp3) is 0.400. The molecule has 0 unspecified atom stereocenters. The van der Waals surface area contributed by atoms with Crippen molar-refractivity contribution >= 4 is 35.7 Å². The molecule has 1 aromatic carbocycles. The van der Waals surface area contributed by atoms with Crippen LogP contribution in [0.5, 0.6) is 0 Å². The van der Waals surface area contributed by atoms with E-state index in [1.807, 2.05) is 0 Å². The van der Waals surface area contributed by atoms with Gasteiger partial charge in [0, 0.05) is 18.7 Å². The van der Waals surface area contributed by atoms with E-state index in [4.69, 9.17) is 21.9 Å². The summed E-state index contributed by atoms with van der Waals surface area (Å²) in [6.07, 6.45) is 2.81. The Labute approximate surface area is 149 Å². The summed E-state index contributed by atoms with van der Waals surface area (Å²) in [4.78, 5) is 17.9. The molecule has 4 rings (SSSR count). The molecule has 1 aromatic heterocycles. The first kappa shape index (κ1) is 17.0. The minimum absolute atomic E-state index is 0. The maximum Gasteiger partial charge on any atom is 0.322 e. The molecule has 3 N–H and O–H groups in total. The van der Waals surface area contributed by atoms with Crippen LogP contribution in [0.4, 0.5) is 10.5 Å². The van der Waals surface area contributed by atoms with E-state index in [-0.39, 0.29) is 18.4 Å². The highest BCUT2D eigenvalue weighted by Crippen LogP contribution is 2.38. The van der Waals surface area contributed by atoms with Gasteiger partial charge in [-0.2, -0.15) is 4.98 Å². The number of nitrogens with one attached hydrogen (secondary N) is 1. The highest BCUT2D eigenvalue weighted by atomic mass is 35.5. The number of aromatic nitrogens is 2. The highest BCUT2D eigenvalue weighted by molar-refractivity contribution is 6.34. The van der Waals surface area contributed by atoms with Crippen molar-refractivity contribution in [3.8, 4) is 11.5 Å². The topological polar surface area (TPSA) is 97.3 Å². The Morgan fingerprint density at radius 3 is 2.79 bits per heavy atom. The first-order valence-corrected chi connectivity index (χ1v) is 7.93. The van der Waals surface area contributed by atoms with E-state index < -0.39 is 5.54 Å². The van der Waals surface area contributed by atoms with Crippen molar-refractivity contribution in [2.45, 2.75) is 24.8 Å². The molecular weight excluding hydrogens is 353 g/mol. The largest absolute Gasteiger partial charge is 0.336 e. The van der Waals surface area contributed by atoms with E-state index in [9.17, 15) is 4.79 Å². The van der Waals surface area contributed by atoms with Crippen LogP contribution in [0.2, 0.25) is 5.02 Å². The molecule has 128 valence electrons. The number of nitrogens with zero attached hydrogens (tertiary/aromatic N) is 3. The Bertz CT molecular complexity index is 775. The Hall–Kier alpha value is -1.83. The molecule has 24 heavy (non-hydrogen) atoms. The molecule has 7 nitrogen and oxygen atoms in total. The van der Waals surface area contributed by atoms with Gasteiger partial charge in [-0.3, -0.25) is 4.90 Å². The molecule has 1 aliphatic heterocycles. The lowest BCUT2D eigenvalue weighted by molar-refractivity contribution is 0.229. The van der Waals surface area contributed by atoms with Gasteiger partial charge in [-0.15, -0.1) is 12.4 Å². The number of halogens is 2. The van der Waals surface area contributed by atoms with Crippen LogP contribution < -0.4 is 16.0 Å². The van der Waals surface area contributed by atoms with E-state index in [1.54, 1.807) is 23.1 Å². The number of amides is 2. The number of anilines is 1. The maximum atomic E-state index is 11.8. The number of carbonyl (C=O) groups excluding carboxylic acids is 1. The second-order valence-electron chi connectivity index (χ2n) is 5.98. The molecule has 2 fully saturated rings. The summed E-state index contributed by atoms with van der Waals surface area (Å²) in [7, 11) is 0. The molecule has 0 radical (unpaired) electrons. The third-order valence-corrected chi connectivity index (χ3v) is 4.78. The number of hydrogen-bond acceptors (Lipinski definition) is 5. The van der Waals surface area contributed by atoms with Gasteiger partial charge >= 0.3 is 6.03 Å². The molecule has 2 aromatic rings. The van der Waals surface area contributed by atoms with Crippen molar-refractivity contribution in [3.63, 3.8) is 0 Å². The van der Waals surface area contributed by atoms with Crippen molar-refractivity contribution in [3.05, 3.63) is 29.0 Å². The third-order valence-electron chi connectivity index (χ3n) is 4.46. The minimum Gasteiger partial charge on any atom is -0.336 e. The monoisotopic (exact) mass is 369 g/mol. The standard InChI is InChI=1S/C15H16ClN5O2.ClH/c16-10-3-2-9(8-11(10)21-7-6-18-14(21)22)12-19-13(20-23-12)15(17)4-1-5-15;/h2-3,8H,1,4-7,17H2,(H,18,22);1H. The summed E-state index contributed by atoms with van der Waals surface area (Å²) >= 11 is 6.23. The summed E-state index contributed by atoms with van der Waals surface area (Å²) in [5.41, 5.74) is 7.10. The summed E-state index contributed by atoms with van der Waals surface area (Å²) in [6, 6.07) is 5.14. The quantitative estimate of drug-likeness (QED) is 0.866. The van der Waals surface area contributed by atoms with Crippen LogP contribution in [-0.2, 0) is 5.54 Å². The van der Waals surface area contributed by atoms with Crippen LogP contribution in [0.3, 0.4) is 0 Å². The molecule has 2 amide bonds. The van der Waals surface area contributed by atoms with Gasteiger partial charge in [0.1, 0.15) is 0 Å². The average molecular weight is 370 g/mol. The normalized spacial score (nSPS) is 18.8. The van der Waals surface area contributed by atoms with Crippen molar-refractivity contribution in [1.82, 2.24) is 15.5 Å². The minimum atomic E-state index is -0.466. The van der Waals surface area contributed by atoms with Gasteiger partial charge in [-0.05, 0) is 37.5 Å². The molecule has 0 spiro atoms. The van der Waals surface area contributed by atoms with Gasteiger partial charge in [0.25, 0.3) is 5.89 Å². The summed E-state index contributed by atoms with van der Waals surface area (Å²) in [5, 5.41) is 7.27. The van der Waals surface area contributed by atoms with Crippen molar-refractivity contribution in [1.29, 1.82) is 0 Å². The first-order valence-electron chi connectivity index (χ1n) is 7.55. The lowest BCUT2D eigenvalue weighted by atomic mass is 9.77. The number of rotatable bonds is 3. The fourth-order valence-corrected chi connectivity index (χ4v) is 3.10. The molecular formula is C15H17Cl2N5O2. The van der Waals surface area contributed by atoms with Gasteiger partial charge in [0.05, 0.1) is 16.2 Å². The van der Waals surface area contributed by atoms with Crippen LogP contribution in [0.15, 0.2) is 22.7 Å². The van der Waals surface area contributed by atoms with Gasteiger partial charge in [-0.1, -0.05) is 16.8 Å². The molecule has 2 aliphatic rings. The lowest BCUT2D eigenvalue weighted by Gasteiger charge is -2.34. The van der Waals surface area contributed by atoms with Gasteiger partial charge in [-0.25, -0.2) is 4.79 Å². The van der Waals surface area contributed by atoms with Crippen LogP contribution >= 0.6 is 24.0 Å². The average Bonchev–Trinajstić information content (AvgIpc) is 3.15. The number of hydrogen-bond donors (Lipinski definition) is 2. The molecule has 1 aliphatic carbocycles. The first-order chi connectivity index (χ1) is 11.1. The summed E-state index contributed by atoms with van der Waals surface area (Å²) < 4.78 is 5.35. The number of nitrogens with two attached hydrogens (primary N) is 1. The summed E-state index contributed by atoms with van der Waals surface area (Å²) in [6.45, 7) is 1.17. The lowest BCUT2D eigenvalue weighted by Crippen LogP contribution is -2.44. The van der Waals surface area contributed by atoms with Gasteiger partial charge < -0.3 is 15.6 Å². The number of carbonyl (C=O) groups is 1. The van der Waals surface area contributed by atoms with Crippen molar-refractivity contribution < 1.29 is 9.32 Å². The zero-order valence-corrected chi connectivity index (χ0v) is 14.4. The molecule has 2 heterocycles. The molecule has 1 saturated heterocycles. The predicted octanol–water partition coefficient (Wildman–Crippen LogP) is 2.68. The van der Waals surface area contributed by atoms with E-state index in [2.05, 4.69) is 15.5 Å². The van der Waals surface area contributed by atoms with Crippen LogP contribution in [0, 0.1) is 0 Å². The SMILES string of the molecule is Cl.NC1(c2noc(-c3ccc(Cl)c(N4CCNC4=O)c3)n2)CCC1. The van der Waals surface area contributed by atoms with E-state index in [0.717, 1.165) is 19.3 Å². The Kier molecular flexibility index (Phi) is 4.42. The second kappa shape index (κ2) is 6.23. The van der Waals surface area contributed by atoms with Crippen LogP contribution in [0.1, 0.15) is 25.1 Å². The number of benzene rings is 1. The summed E-state index contributed by atoms with van der Waals surface area (Å²) in [5.74, 6) is 0.920. The predicted molar refractivity (Wildman–Crippen MR) is 92.5 cm³/mol. The zero-order chi connectivity index (χ0) is 16.0. The maximum absolute atomic E-state index is 11.8. The van der Waals surface area contributed by atoms with Crippen molar-refractivity contribution in [2.75, 3.05) is 18.0 Å². The van der Waals surface area contributed by atoms with Gasteiger partial charge in [0.2, 0.25) is 0 Å². The number of urea groups is 1. The zero-order valence-electron chi connectivity index (χ0n) is 12.8. The second-order valence-corrected chi connectivity index (χ2v) is 6.39. The fourth-order valence-electron chi connectivity index (χ4n) is 2.88. The smallest absolute Gasteiger partial charge is 0.322 e. The molecule has 1 saturated carbocycles. The Morgan fingerprint density at radius 1 is 1.38 bits per heavy atom. The highest BCUT2D eigenvalue weighted by Gasteiger charge is 2.39. The molecule has 0 atom stereocenters. The van der Waals surface area contributed by atoms with E-state index in [1.165, 1.54) is 0 Å². The Morgan fingerprint density at radius 2 is 2.17 bits per heavy atom. The third kappa shape index (κ3) is 2.72.